The number of nitrogens with one attached hydrogen (secondary N) is 1. The van der Waals surface area contributed by atoms with Crippen LogP contribution in [0.4, 0.5) is 11.8 Å². The van der Waals surface area contributed by atoms with E-state index in [0.29, 0.717) is 17.4 Å². The van der Waals surface area contributed by atoms with Crippen LogP contribution in [0.25, 0.3) is 0 Å². The van der Waals surface area contributed by atoms with Crippen molar-refractivity contribution < 1.29 is 0 Å². The van der Waals surface area contributed by atoms with Crippen LogP contribution in [-0.4, -0.2) is 54.1 Å². The molecule has 2 heterocycles. The highest BCUT2D eigenvalue weighted by molar-refractivity contribution is 5.43. The van der Waals surface area contributed by atoms with E-state index < -0.39 is 0 Å². The van der Waals surface area contributed by atoms with E-state index in [0.717, 1.165) is 49.8 Å². The van der Waals surface area contributed by atoms with Crippen molar-refractivity contribution in [3.8, 4) is 0 Å². The first-order valence-electron chi connectivity index (χ1n) is 9.82. The van der Waals surface area contributed by atoms with Gasteiger partial charge in [0.2, 0.25) is 5.95 Å². The highest BCUT2D eigenvalue weighted by Crippen LogP contribution is 2.54. The third-order valence-corrected chi connectivity index (χ3v) is 7.08. The Kier molecular flexibility index (Phi) is 5.24. The normalized spacial score (nSPS) is 29.0. The highest BCUT2D eigenvalue weighted by atomic mass is 15.3. The smallest absolute Gasteiger partial charge is 0.224 e. The van der Waals surface area contributed by atoms with Gasteiger partial charge in [0, 0.05) is 38.4 Å². The lowest BCUT2D eigenvalue weighted by Gasteiger charge is -2.55. The van der Waals surface area contributed by atoms with Gasteiger partial charge in [-0.3, -0.25) is 0 Å². The molecule has 1 aliphatic carbocycles. The molecule has 0 bridgehead atoms. The van der Waals surface area contributed by atoms with Gasteiger partial charge in [-0.15, -0.1) is 0 Å². The van der Waals surface area contributed by atoms with Crippen molar-refractivity contribution in [2.24, 2.45) is 23.2 Å². The minimum Gasteiger partial charge on any atom is -0.354 e. The van der Waals surface area contributed by atoms with Crippen molar-refractivity contribution in [1.29, 1.82) is 0 Å². The Morgan fingerprint density at radius 2 is 1.88 bits per heavy atom. The Labute approximate surface area is 153 Å². The lowest BCUT2D eigenvalue weighted by molar-refractivity contribution is -0.0457. The van der Waals surface area contributed by atoms with E-state index in [4.69, 9.17) is 4.98 Å². The summed E-state index contributed by atoms with van der Waals surface area (Å²) in [5.41, 5.74) is 0.442. The molecule has 1 saturated heterocycles. The van der Waals surface area contributed by atoms with Crippen molar-refractivity contribution in [1.82, 2.24) is 14.9 Å². The van der Waals surface area contributed by atoms with Crippen molar-refractivity contribution in [3.05, 3.63) is 12.3 Å². The standard InChI is InChI=1S/C20H35N5/c1-14-13-17(20(14,4)5)15(2)16(3)22-19-21-8-7-18(23-19)25-11-9-24(6)10-12-25/h7-8,14-17H,9-13H2,1-6H3,(H,21,22,23). The SMILES string of the molecule is CC(Nc1nccc(N2CCN(C)CC2)n1)C(C)C1CC(C)C1(C)C. The zero-order valence-corrected chi connectivity index (χ0v) is 16.8. The van der Waals surface area contributed by atoms with E-state index in [-0.39, 0.29) is 0 Å². The van der Waals surface area contributed by atoms with Crippen LogP contribution in [0.3, 0.4) is 0 Å². The average Bonchev–Trinajstić information content (AvgIpc) is 2.59. The third kappa shape index (κ3) is 3.76. The second kappa shape index (κ2) is 7.10. The van der Waals surface area contributed by atoms with Crippen molar-refractivity contribution in [2.45, 2.75) is 47.1 Å². The van der Waals surface area contributed by atoms with Gasteiger partial charge in [0.05, 0.1) is 0 Å². The Morgan fingerprint density at radius 1 is 1.20 bits per heavy atom. The highest BCUT2D eigenvalue weighted by Gasteiger charge is 2.48. The van der Waals surface area contributed by atoms with Crippen LogP contribution in [-0.2, 0) is 0 Å². The maximum absolute atomic E-state index is 4.78. The number of rotatable bonds is 5. The van der Waals surface area contributed by atoms with Gasteiger partial charge in [-0.25, -0.2) is 4.98 Å². The molecule has 2 aliphatic rings. The van der Waals surface area contributed by atoms with Crippen LogP contribution in [0, 0.1) is 23.2 Å². The lowest BCUT2D eigenvalue weighted by atomic mass is 9.51. The molecule has 5 heteroatoms. The van der Waals surface area contributed by atoms with E-state index in [9.17, 15) is 0 Å². The predicted octanol–water partition coefficient (Wildman–Crippen LogP) is 3.35. The molecule has 0 aromatic carbocycles. The Hall–Kier alpha value is -1.36. The molecule has 0 radical (unpaired) electrons. The quantitative estimate of drug-likeness (QED) is 0.886. The second-order valence-electron chi connectivity index (χ2n) is 8.89. The molecule has 2 fully saturated rings. The van der Waals surface area contributed by atoms with Gasteiger partial charge in [-0.2, -0.15) is 4.98 Å². The summed E-state index contributed by atoms with van der Waals surface area (Å²) in [5, 5.41) is 3.57. The van der Waals surface area contributed by atoms with Gasteiger partial charge in [-0.1, -0.05) is 27.7 Å². The van der Waals surface area contributed by atoms with Crippen molar-refractivity contribution in [2.75, 3.05) is 43.4 Å². The second-order valence-corrected chi connectivity index (χ2v) is 8.89. The molecule has 25 heavy (non-hydrogen) atoms. The lowest BCUT2D eigenvalue weighted by Crippen LogP contribution is -2.49. The zero-order chi connectivity index (χ0) is 18.2. The van der Waals surface area contributed by atoms with E-state index in [1.54, 1.807) is 0 Å². The van der Waals surface area contributed by atoms with Crippen molar-refractivity contribution in [3.63, 3.8) is 0 Å². The average molecular weight is 346 g/mol. The Balaban J connectivity index is 1.62. The number of anilines is 2. The molecule has 0 spiro atoms. The van der Waals surface area contributed by atoms with Crippen LogP contribution in [0.5, 0.6) is 0 Å². The van der Waals surface area contributed by atoms with E-state index >= 15 is 0 Å². The summed E-state index contributed by atoms with van der Waals surface area (Å²) >= 11 is 0. The first kappa shape index (κ1) is 18.4. The summed E-state index contributed by atoms with van der Waals surface area (Å²) in [4.78, 5) is 14.0. The summed E-state index contributed by atoms with van der Waals surface area (Å²) < 4.78 is 0. The maximum atomic E-state index is 4.78. The molecule has 1 saturated carbocycles. The number of nitrogens with zero attached hydrogens (tertiary/aromatic N) is 4. The summed E-state index contributed by atoms with van der Waals surface area (Å²) in [6, 6.07) is 2.40. The van der Waals surface area contributed by atoms with Gasteiger partial charge in [0.25, 0.3) is 0 Å². The molecular weight excluding hydrogens is 310 g/mol. The monoisotopic (exact) mass is 345 g/mol. The van der Waals surface area contributed by atoms with Crippen molar-refractivity contribution >= 4 is 11.8 Å². The molecule has 1 aromatic heterocycles. The van der Waals surface area contributed by atoms with Crippen LogP contribution in [0.15, 0.2) is 12.3 Å². The molecular formula is C20H35N5. The Morgan fingerprint density at radius 3 is 2.48 bits per heavy atom. The van der Waals surface area contributed by atoms with Gasteiger partial charge in [0.15, 0.2) is 0 Å². The molecule has 1 aromatic rings. The molecule has 5 nitrogen and oxygen atoms in total. The molecule has 3 rings (SSSR count). The van der Waals surface area contributed by atoms with Crippen LogP contribution < -0.4 is 10.2 Å². The van der Waals surface area contributed by atoms with Gasteiger partial charge in [-0.05, 0) is 49.6 Å². The number of hydrogen-bond acceptors (Lipinski definition) is 5. The fourth-order valence-corrected chi connectivity index (χ4v) is 4.40. The van der Waals surface area contributed by atoms with Crippen LogP contribution in [0.1, 0.15) is 41.0 Å². The van der Waals surface area contributed by atoms with Gasteiger partial charge in [0.1, 0.15) is 5.82 Å². The Bertz CT molecular complexity index is 579. The van der Waals surface area contributed by atoms with Crippen LogP contribution >= 0.6 is 0 Å². The maximum Gasteiger partial charge on any atom is 0.224 e. The first-order chi connectivity index (χ1) is 11.8. The molecule has 4 atom stereocenters. The predicted molar refractivity (Wildman–Crippen MR) is 105 cm³/mol. The summed E-state index contributed by atoms with van der Waals surface area (Å²) in [7, 11) is 2.18. The summed E-state index contributed by atoms with van der Waals surface area (Å²) in [5.74, 6) is 4.01. The molecule has 1 aliphatic heterocycles. The minimum atomic E-state index is 0.375. The number of piperazine rings is 1. The molecule has 4 unspecified atom stereocenters. The molecule has 0 amide bonds. The van der Waals surface area contributed by atoms with Crippen LogP contribution in [0.2, 0.25) is 0 Å². The van der Waals surface area contributed by atoms with Gasteiger partial charge >= 0.3 is 0 Å². The summed E-state index contributed by atoms with van der Waals surface area (Å²) in [6.45, 7) is 16.1. The zero-order valence-electron chi connectivity index (χ0n) is 16.8. The van der Waals surface area contributed by atoms with E-state index in [1.807, 2.05) is 12.3 Å². The first-order valence-corrected chi connectivity index (χ1v) is 9.82. The fourth-order valence-electron chi connectivity index (χ4n) is 4.40. The number of aromatic nitrogens is 2. The fraction of sp³-hybridized carbons (Fsp3) is 0.800. The molecule has 1 N–H and O–H groups in total. The number of hydrogen-bond donors (Lipinski definition) is 1. The third-order valence-electron chi connectivity index (χ3n) is 7.08. The topological polar surface area (TPSA) is 44.3 Å². The minimum absolute atomic E-state index is 0.375. The summed E-state index contributed by atoms with van der Waals surface area (Å²) in [6.07, 6.45) is 3.22. The van der Waals surface area contributed by atoms with Gasteiger partial charge < -0.3 is 15.1 Å². The van der Waals surface area contributed by atoms with E-state index in [2.05, 4.69) is 61.8 Å². The van der Waals surface area contributed by atoms with E-state index in [1.165, 1.54) is 6.42 Å². The number of likely N-dealkylation sites (N-methyl/N-ethyl adjacent to an activating group) is 1. The largest absolute Gasteiger partial charge is 0.354 e. The molecule has 140 valence electrons.